The van der Waals surface area contributed by atoms with Crippen molar-refractivity contribution in [3.05, 3.63) is 128 Å². The Morgan fingerprint density at radius 1 is 0.848 bits per heavy atom. The van der Waals surface area contributed by atoms with Gasteiger partial charge in [-0.25, -0.2) is 18.7 Å². The molecule has 0 spiro atoms. The quantitative estimate of drug-likeness (QED) is 0.394. The molecule has 0 radical (unpaired) electrons. The average Bonchev–Trinajstić information content (AvgIpc) is 3.23. The number of benzene rings is 3. The Morgan fingerprint density at radius 2 is 1.55 bits per heavy atom. The third-order valence-electron chi connectivity index (χ3n) is 5.47. The van der Waals surface area contributed by atoms with E-state index in [9.17, 15) is 14.0 Å². The number of imidazole rings is 1. The number of hydrogen-bond donors (Lipinski definition) is 0. The van der Waals surface area contributed by atoms with Crippen LogP contribution in [0.15, 0.2) is 94.8 Å². The van der Waals surface area contributed by atoms with Crippen molar-refractivity contribution in [1.82, 2.24) is 18.7 Å². The minimum absolute atomic E-state index is 0.0902. The highest BCUT2D eigenvalue weighted by Crippen LogP contribution is 2.19. The second-order valence-electron chi connectivity index (χ2n) is 7.61. The number of rotatable bonds is 5. The molecule has 0 saturated carbocycles. The lowest BCUT2D eigenvalue weighted by Gasteiger charge is -2.13. The molecule has 0 atom stereocenters. The van der Waals surface area contributed by atoms with Crippen LogP contribution in [0.25, 0.3) is 16.9 Å². The Hall–Kier alpha value is -3.97. The predicted octanol–water partition coefficient (Wildman–Crippen LogP) is 4.24. The van der Waals surface area contributed by atoms with E-state index >= 15 is 0 Å². The number of hydrogen-bond acceptors (Lipinski definition) is 3. The molecule has 0 N–H and O–H groups in total. The van der Waals surface area contributed by atoms with E-state index in [2.05, 4.69) is 4.98 Å². The largest absolute Gasteiger partial charge is 0.337 e. The maximum Gasteiger partial charge on any atom is 0.337 e. The Kier molecular flexibility index (Phi) is 5.40. The van der Waals surface area contributed by atoms with Gasteiger partial charge in [0.25, 0.3) is 5.56 Å². The number of fused-ring (bicyclic) bond motifs is 1. The lowest BCUT2D eigenvalue weighted by atomic mass is 10.2. The van der Waals surface area contributed by atoms with E-state index in [1.165, 1.54) is 39.7 Å². The van der Waals surface area contributed by atoms with Crippen LogP contribution in [0.1, 0.15) is 11.1 Å². The van der Waals surface area contributed by atoms with E-state index in [1.807, 2.05) is 48.5 Å². The average molecular weight is 461 g/mol. The molecule has 2 aromatic heterocycles. The zero-order valence-corrected chi connectivity index (χ0v) is 18.1. The molecule has 5 rings (SSSR count). The molecule has 0 unspecified atom stereocenters. The lowest BCUT2D eigenvalue weighted by Crippen LogP contribution is -2.40. The highest BCUT2D eigenvalue weighted by Gasteiger charge is 2.20. The summed E-state index contributed by atoms with van der Waals surface area (Å²) in [5, 5.41) is 0.566. The highest BCUT2D eigenvalue weighted by atomic mass is 35.5. The van der Waals surface area contributed by atoms with E-state index in [0.29, 0.717) is 17.3 Å². The molecule has 0 aliphatic heterocycles. The van der Waals surface area contributed by atoms with Gasteiger partial charge in [0.15, 0.2) is 11.2 Å². The van der Waals surface area contributed by atoms with Gasteiger partial charge in [0.05, 0.1) is 25.1 Å². The van der Waals surface area contributed by atoms with Crippen molar-refractivity contribution in [2.45, 2.75) is 13.1 Å². The van der Waals surface area contributed by atoms with Gasteiger partial charge < -0.3 is 4.57 Å². The monoisotopic (exact) mass is 460 g/mol. The van der Waals surface area contributed by atoms with Gasteiger partial charge in [0.2, 0.25) is 0 Å². The van der Waals surface area contributed by atoms with Crippen molar-refractivity contribution in [2.24, 2.45) is 0 Å². The predicted molar refractivity (Wildman–Crippen MR) is 126 cm³/mol. The van der Waals surface area contributed by atoms with Crippen LogP contribution in [-0.4, -0.2) is 18.7 Å². The molecule has 3 aromatic carbocycles. The van der Waals surface area contributed by atoms with Gasteiger partial charge in [-0.1, -0.05) is 60.1 Å². The molecule has 164 valence electrons. The van der Waals surface area contributed by atoms with E-state index in [0.717, 1.165) is 11.1 Å². The first kappa shape index (κ1) is 20.9. The molecule has 5 aromatic rings. The number of aromatic nitrogens is 4. The van der Waals surface area contributed by atoms with E-state index in [4.69, 9.17) is 11.6 Å². The first-order chi connectivity index (χ1) is 16.0. The SMILES string of the molecule is O=c1c2c(ncn2Cc2ccccc2Cl)n(-c2ccc(F)cc2)c(=O)n1Cc1ccccc1. The van der Waals surface area contributed by atoms with Gasteiger partial charge in [-0.05, 0) is 41.5 Å². The number of nitrogens with zero attached hydrogens (tertiary/aromatic N) is 4. The Balaban J connectivity index is 1.77. The molecular formula is C25H18ClFN4O2. The van der Waals surface area contributed by atoms with Gasteiger partial charge in [0, 0.05) is 5.02 Å². The molecule has 33 heavy (non-hydrogen) atoms. The maximum absolute atomic E-state index is 13.6. The molecule has 0 aliphatic rings. The molecular weight excluding hydrogens is 443 g/mol. The van der Waals surface area contributed by atoms with Crippen LogP contribution in [-0.2, 0) is 13.1 Å². The van der Waals surface area contributed by atoms with Gasteiger partial charge in [-0.2, -0.15) is 0 Å². The van der Waals surface area contributed by atoms with Crippen molar-refractivity contribution in [2.75, 3.05) is 0 Å². The maximum atomic E-state index is 13.6. The summed E-state index contributed by atoms with van der Waals surface area (Å²) in [6.45, 7) is 0.394. The second kappa shape index (κ2) is 8.52. The summed E-state index contributed by atoms with van der Waals surface area (Å²) in [5.41, 5.74) is 1.48. The molecule has 6 nitrogen and oxygen atoms in total. The summed E-state index contributed by atoms with van der Waals surface area (Å²) in [6, 6.07) is 22.1. The third-order valence-corrected chi connectivity index (χ3v) is 5.84. The smallest absolute Gasteiger partial charge is 0.320 e. The Labute approximate surface area is 192 Å². The standard InChI is InChI=1S/C25H18ClFN4O2/c26-21-9-5-4-8-18(21)15-29-16-28-23-22(29)24(32)30(14-17-6-2-1-3-7-17)25(33)31(23)20-12-10-19(27)11-13-20/h1-13,16H,14-15H2. The van der Waals surface area contributed by atoms with Crippen LogP contribution in [0.2, 0.25) is 5.02 Å². The summed E-state index contributed by atoms with van der Waals surface area (Å²) < 4.78 is 17.7. The Morgan fingerprint density at radius 3 is 2.27 bits per heavy atom. The van der Waals surface area contributed by atoms with Gasteiger partial charge >= 0.3 is 5.69 Å². The molecule has 0 bridgehead atoms. The van der Waals surface area contributed by atoms with E-state index in [1.54, 1.807) is 10.6 Å². The molecule has 8 heteroatoms. The van der Waals surface area contributed by atoms with Crippen molar-refractivity contribution in [1.29, 1.82) is 0 Å². The summed E-state index contributed by atoms with van der Waals surface area (Å²) in [4.78, 5) is 31.4. The van der Waals surface area contributed by atoms with Crippen LogP contribution in [0.5, 0.6) is 0 Å². The molecule has 0 aliphatic carbocycles. The van der Waals surface area contributed by atoms with Gasteiger partial charge in [-0.15, -0.1) is 0 Å². The van der Waals surface area contributed by atoms with Crippen LogP contribution in [0.4, 0.5) is 4.39 Å². The fourth-order valence-electron chi connectivity index (χ4n) is 3.84. The van der Waals surface area contributed by atoms with Crippen LogP contribution < -0.4 is 11.2 Å². The lowest BCUT2D eigenvalue weighted by molar-refractivity contribution is 0.626. The second-order valence-corrected chi connectivity index (χ2v) is 8.01. The van der Waals surface area contributed by atoms with Crippen molar-refractivity contribution >= 4 is 22.8 Å². The minimum Gasteiger partial charge on any atom is -0.320 e. The van der Waals surface area contributed by atoms with Crippen molar-refractivity contribution in [3.63, 3.8) is 0 Å². The molecule has 0 saturated heterocycles. The normalized spacial score (nSPS) is 11.2. The van der Waals surface area contributed by atoms with Crippen molar-refractivity contribution in [3.8, 4) is 5.69 Å². The summed E-state index contributed by atoms with van der Waals surface area (Å²) in [6.07, 6.45) is 1.52. The zero-order valence-electron chi connectivity index (χ0n) is 17.4. The van der Waals surface area contributed by atoms with E-state index < -0.39 is 17.1 Å². The van der Waals surface area contributed by atoms with E-state index in [-0.39, 0.29) is 17.7 Å². The fraction of sp³-hybridized carbons (Fsp3) is 0.0800. The first-order valence-electron chi connectivity index (χ1n) is 10.3. The third kappa shape index (κ3) is 3.87. The highest BCUT2D eigenvalue weighted by molar-refractivity contribution is 6.31. The van der Waals surface area contributed by atoms with Crippen molar-refractivity contribution < 1.29 is 4.39 Å². The summed E-state index contributed by atoms with van der Waals surface area (Å²) in [7, 11) is 0. The zero-order chi connectivity index (χ0) is 22.9. The number of halogens is 2. The van der Waals surface area contributed by atoms with Crippen LogP contribution in [0.3, 0.4) is 0 Å². The van der Waals surface area contributed by atoms with Crippen LogP contribution in [0, 0.1) is 5.82 Å². The Bertz CT molecular complexity index is 1570. The minimum atomic E-state index is -0.550. The topological polar surface area (TPSA) is 61.8 Å². The van der Waals surface area contributed by atoms with Gasteiger partial charge in [-0.3, -0.25) is 9.36 Å². The molecule has 0 fully saturated rings. The molecule has 2 heterocycles. The first-order valence-corrected chi connectivity index (χ1v) is 10.6. The summed E-state index contributed by atoms with van der Waals surface area (Å²) >= 11 is 6.33. The summed E-state index contributed by atoms with van der Waals surface area (Å²) in [5.74, 6) is -0.426. The van der Waals surface area contributed by atoms with Gasteiger partial charge in [0.1, 0.15) is 5.82 Å². The van der Waals surface area contributed by atoms with Crippen LogP contribution >= 0.6 is 11.6 Å². The fourth-order valence-corrected chi connectivity index (χ4v) is 4.03. The molecule has 0 amide bonds.